The Bertz CT molecular complexity index is 644. The summed E-state index contributed by atoms with van der Waals surface area (Å²) in [5.41, 5.74) is 3.50. The normalized spacial score (nSPS) is 12.3. The van der Waals surface area contributed by atoms with Crippen molar-refractivity contribution in [3.63, 3.8) is 0 Å². The van der Waals surface area contributed by atoms with Gasteiger partial charge in [0.15, 0.2) is 5.96 Å². The fourth-order valence-corrected chi connectivity index (χ4v) is 2.65. The molecule has 0 radical (unpaired) electrons. The molecule has 0 saturated heterocycles. The van der Waals surface area contributed by atoms with E-state index in [1.807, 2.05) is 50.4 Å². The lowest BCUT2D eigenvalue weighted by Gasteiger charge is -2.15. The number of aliphatic hydroxyl groups excluding tert-OH is 1. The van der Waals surface area contributed by atoms with E-state index < -0.39 is 0 Å². The van der Waals surface area contributed by atoms with E-state index in [0.717, 1.165) is 43.1 Å². The third kappa shape index (κ3) is 7.33. The van der Waals surface area contributed by atoms with Crippen molar-refractivity contribution in [3.8, 4) is 0 Å². The third-order valence-corrected chi connectivity index (χ3v) is 4.16. The molecular formula is C19H30IN5O. The standard InChI is InChI=1S/C19H29N5O.HI/c1-3-20-19(21-11-7-10-17-13-23-24-15(17)2)22-12-18(14-25)16-8-5-4-6-9-16;/h4-6,8-9,13,18,25H,3,7,10-12,14H2,1-2H3,(H,23,24)(H2,20,21,22);1H. The van der Waals surface area contributed by atoms with Gasteiger partial charge in [-0.15, -0.1) is 24.0 Å². The Morgan fingerprint density at radius 1 is 1.27 bits per heavy atom. The summed E-state index contributed by atoms with van der Waals surface area (Å²) < 4.78 is 0. The molecule has 26 heavy (non-hydrogen) atoms. The molecule has 1 aromatic heterocycles. The molecule has 0 saturated carbocycles. The van der Waals surface area contributed by atoms with Crippen molar-refractivity contribution >= 4 is 29.9 Å². The van der Waals surface area contributed by atoms with Crippen LogP contribution in [0.1, 0.15) is 36.1 Å². The lowest BCUT2D eigenvalue weighted by molar-refractivity contribution is 0.268. The number of nitrogens with zero attached hydrogens (tertiary/aromatic N) is 2. The van der Waals surface area contributed by atoms with Gasteiger partial charge in [0.1, 0.15) is 0 Å². The maximum atomic E-state index is 9.65. The number of rotatable bonds is 9. The molecule has 0 amide bonds. The van der Waals surface area contributed by atoms with Crippen LogP contribution in [-0.4, -0.2) is 47.5 Å². The molecular weight excluding hydrogens is 441 g/mol. The first-order chi connectivity index (χ1) is 12.2. The van der Waals surface area contributed by atoms with Crippen LogP contribution in [-0.2, 0) is 6.42 Å². The third-order valence-electron chi connectivity index (χ3n) is 4.16. The van der Waals surface area contributed by atoms with Gasteiger partial charge in [-0.2, -0.15) is 5.10 Å². The van der Waals surface area contributed by atoms with E-state index in [9.17, 15) is 5.11 Å². The summed E-state index contributed by atoms with van der Waals surface area (Å²) in [6, 6.07) is 10.0. The van der Waals surface area contributed by atoms with Crippen molar-refractivity contribution in [1.82, 2.24) is 20.8 Å². The van der Waals surface area contributed by atoms with E-state index in [1.165, 1.54) is 5.56 Å². The largest absolute Gasteiger partial charge is 0.396 e. The maximum Gasteiger partial charge on any atom is 0.191 e. The quantitative estimate of drug-likeness (QED) is 0.196. The first-order valence-electron chi connectivity index (χ1n) is 8.91. The van der Waals surface area contributed by atoms with Gasteiger partial charge in [-0.05, 0) is 37.8 Å². The number of hydrogen-bond donors (Lipinski definition) is 4. The van der Waals surface area contributed by atoms with Crippen molar-refractivity contribution < 1.29 is 5.11 Å². The van der Waals surface area contributed by atoms with Gasteiger partial charge in [0.2, 0.25) is 0 Å². The van der Waals surface area contributed by atoms with Crippen LogP contribution in [0, 0.1) is 6.92 Å². The first-order valence-corrected chi connectivity index (χ1v) is 8.91. The number of aromatic nitrogens is 2. The van der Waals surface area contributed by atoms with Crippen molar-refractivity contribution in [2.45, 2.75) is 32.6 Å². The average Bonchev–Trinajstić information content (AvgIpc) is 3.05. The number of nitrogens with one attached hydrogen (secondary N) is 3. The lowest BCUT2D eigenvalue weighted by atomic mass is 10.0. The van der Waals surface area contributed by atoms with Crippen LogP contribution in [0.2, 0.25) is 0 Å². The van der Waals surface area contributed by atoms with E-state index in [1.54, 1.807) is 0 Å². The average molecular weight is 471 g/mol. The van der Waals surface area contributed by atoms with E-state index in [-0.39, 0.29) is 36.5 Å². The number of H-pyrrole nitrogens is 1. The molecule has 0 bridgehead atoms. The highest BCUT2D eigenvalue weighted by Gasteiger charge is 2.10. The molecule has 4 N–H and O–H groups in total. The van der Waals surface area contributed by atoms with E-state index >= 15 is 0 Å². The van der Waals surface area contributed by atoms with Crippen molar-refractivity contribution in [2.75, 3.05) is 26.2 Å². The number of hydrogen-bond acceptors (Lipinski definition) is 3. The lowest BCUT2D eigenvalue weighted by Crippen LogP contribution is -2.38. The van der Waals surface area contributed by atoms with Gasteiger partial charge in [-0.25, -0.2) is 0 Å². The number of benzene rings is 1. The highest BCUT2D eigenvalue weighted by Crippen LogP contribution is 2.14. The molecule has 1 unspecified atom stereocenters. The second-order valence-electron chi connectivity index (χ2n) is 6.06. The molecule has 1 atom stereocenters. The number of guanidine groups is 1. The van der Waals surface area contributed by atoms with Crippen LogP contribution in [0.25, 0.3) is 0 Å². The molecule has 144 valence electrons. The van der Waals surface area contributed by atoms with Crippen LogP contribution >= 0.6 is 24.0 Å². The highest BCUT2D eigenvalue weighted by molar-refractivity contribution is 14.0. The topological polar surface area (TPSA) is 85.3 Å². The van der Waals surface area contributed by atoms with Crippen molar-refractivity contribution in [3.05, 3.63) is 53.3 Å². The summed E-state index contributed by atoms with van der Waals surface area (Å²) in [4.78, 5) is 4.63. The summed E-state index contributed by atoms with van der Waals surface area (Å²) >= 11 is 0. The Morgan fingerprint density at radius 3 is 2.65 bits per heavy atom. The zero-order valence-corrected chi connectivity index (χ0v) is 17.9. The summed E-state index contributed by atoms with van der Waals surface area (Å²) in [6.07, 6.45) is 3.88. The minimum absolute atomic E-state index is 0. The second-order valence-corrected chi connectivity index (χ2v) is 6.06. The van der Waals surface area contributed by atoms with Crippen LogP contribution in [0.3, 0.4) is 0 Å². The minimum Gasteiger partial charge on any atom is -0.396 e. The van der Waals surface area contributed by atoms with Gasteiger partial charge >= 0.3 is 0 Å². The number of aliphatic hydroxyl groups is 1. The summed E-state index contributed by atoms with van der Waals surface area (Å²) in [5, 5.41) is 23.3. The Kier molecular flexibility index (Phi) is 11.0. The minimum atomic E-state index is 0. The van der Waals surface area contributed by atoms with Crippen LogP contribution < -0.4 is 10.6 Å². The monoisotopic (exact) mass is 471 g/mol. The van der Waals surface area contributed by atoms with Crippen LogP contribution in [0.4, 0.5) is 0 Å². The van der Waals surface area contributed by atoms with E-state index in [4.69, 9.17) is 0 Å². The van der Waals surface area contributed by atoms with Crippen LogP contribution in [0.5, 0.6) is 0 Å². The number of aromatic amines is 1. The molecule has 0 aliphatic rings. The summed E-state index contributed by atoms with van der Waals surface area (Å²) in [6.45, 7) is 6.38. The van der Waals surface area contributed by atoms with Gasteiger partial charge < -0.3 is 15.7 Å². The Balaban J connectivity index is 0.00000338. The van der Waals surface area contributed by atoms with Gasteiger partial charge in [0.25, 0.3) is 0 Å². The Morgan fingerprint density at radius 2 is 2.04 bits per heavy atom. The Hall–Kier alpha value is -1.61. The second kappa shape index (κ2) is 12.7. The molecule has 0 spiro atoms. The van der Waals surface area contributed by atoms with Gasteiger partial charge in [-0.1, -0.05) is 30.3 Å². The number of aliphatic imine (C=N–C) groups is 1. The predicted octanol–water partition coefficient (Wildman–Crippen LogP) is 2.60. The Labute approximate surface area is 172 Å². The first kappa shape index (κ1) is 22.4. The maximum absolute atomic E-state index is 9.65. The fraction of sp³-hybridized carbons (Fsp3) is 0.474. The van der Waals surface area contributed by atoms with E-state index in [0.29, 0.717) is 6.54 Å². The summed E-state index contributed by atoms with van der Waals surface area (Å²) in [5.74, 6) is 0.811. The molecule has 7 heteroatoms. The van der Waals surface area contributed by atoms with Gasteiger partial charge in [0, 0.05) is 24.7 Å². The van der Waals surface area contributed by atoms with Crippen molar-refractivity contribution in [2.24, 2.45) is 4.99 Å². The molecule has 1 aromatic carbocycles. The molecule has 0 fully saturated rings. The van der Waals surface area contributed by atoms with Crippen LogP contribution in [0.15, 0.2) is 41.5 Å². The molecule has 0 aliphatic carbocycles. The molecule has 2 rings (SSSR count). The smallest absolute Gasteiger partial charge is 0.191 e. The number of halogens is 1. The highest BCUT2D eigenvalue weighted by atomic mass is 127. The molecule has 2 aromatic rings. The SMILES string of the molecule is CCNC(=NCC(CO)c1ccccc1)NCCCc1cn[nH]c1C.I. The summed E-state index contributed by atoms with van der Waals surface area (Å²) in [7, 11) is 0. The number of aryl methyl sites for hydroxylation is 2. The van der Waals surface area contributed by atoms with Gasteiger partial charge in [-0.3, -0.25) is 10.1 Å². The van der Waals surface area contributed by atoms with Gasteiger partial charge in [0.05, 0.1) is 19.3 Å². The fourth-order valence-electron chi connectivity index (χ4n) is 2.65. The zero-order valence-electron chi connectivity index (χ0n) is 15.5. The molecule has 6 nitrogen and oxygen atoms in total. The molecule has 0 aliphatic heterocycles. The van der Waals surface area contributed by atoms with Crippen molar-refractivity contribution in [1.29, 1.82) is 0 Å². The zero-order chi connectivity index (χ0) is 17.9. The predicted molar refractivity (Wildman–Crippen MR) is 117 cm³/mol. The van der Waals surface area contributed by atoms with E-state index in [2.05, 4.69) is 25.8 Å². The molecule has 1 heterocycles.